The van der Waals surface area contributed by atoms with Gasteiger partial charge in [-0.1, -0.05) is 0 Å². The highest BCUT2D eigenvalue weighted by Gasteiger charge is 2.45. The Bertz CT molecular complexity index is 695. The molecule has 0 spiro atoms. The summed E-state index contributed by atoms with van der Waals surface area (Å²) in [5, 5.41) is 0. The van der Waals surface area contributed by atoms with Gasteiger partial charge in [0.25, 0.3) is 0 Å². The van der Waals surface area contributed by atoms with E-state index in [0.717, 1.165) is 32.1 Å². The minimum Gasteiger partial charge on any atom is -0.490 e. The molecule has 5 nitrogen and oxygen atoms in total. The molecule has 1 aromatic carbocycles. The minimum absolute atomic E-state index is 0.0866. The van der Waals surface area contributed by atoms with Gasteiger partial charge >= 0.3 is 0 Å². The normalized spacial score (nSPS) is 22.7. The first kappa shape index (κ1) is 15.3. The predicted molar refractivity (Wildman–Crippen MR) is 86.3 cm³/mol. The zero-order valence-corrected chi connectivity index (χ0v) is 14.2. The van der Waals surface area contributed by atoms with Crippen molar-refractivity contribution in [2.75, 3.05) is 13.2 Å². The fraction of sp³-hybridized carbons (Fsp3) is 0.647. The zero-order chi connectivity index (χ0) is 16.0. The number of rotatable bonds is 5. The monoisotopic (exact) mass is 337 g/mol. The first-order valence-corrected chi connectivity index (χ1v) is 9.94. The fourth-order valence-electron chi connectivity index (χ4n) is 3.29. The quantitative estimate of drug-likeness (QED) is 0.829. The number of hydrogen-bond acceptors (Lipinski definition) is 4. The van der Waals surface area contributed by atoms with Crippen molar-refractivity contribution in [1.82, 2.24) is 4.31 Å². The highest BCUT2D eigenvalue weighted by atomic mass is 32.2. The van der Waals surface area contributed by atoms with Crippen LogP contribution in [0, 0.1) is 5.92 Å². The van der Waals surface area contributed by atoms with Crippen molar-refractivity contribution in [3.63, 3.8) is 0 Å². The molecule has 0 saturated heterocycles. The molecule has 2 aliphatic carbocycles. The fourth-order valence-corrected chi connectivity index (χ4v) is 5.24. The van der Waals surface area contributed by atoms with E-state index < -0.39 is 10.0 Å². The molecule has 2 saturated carbocycles. The third-order valence-electron chi connectivity index (χ3n) is 4.91. The molecular weight excluding hydrogens is 314 g/mol. The lowest BCUT2D eigenvalue weighted by Crippen LogP contribution is -2.41. The van der Waals surface area contributed by atoms with Crippen LogP contribution < -0.4 is 9.47 Å². The third-order valence-corrected chi connectivity index (χ3v) is 6.94. The standard InChI is InChI=1S/C17H23NO4S/c1-12(13-3-4-13)18(14-5-6-14)23(19,20)15-7-8-16-17(11-15)22-10-2-9-21-16/h7-8,11-14H,2-6,9-10H2,1H3/t12-/m0/s1. The van der Waals surface area contributed by atoms with Crippen LogP contribution in [-0.4, -0.2) is 38.0 Å². The Morgan fingerprint density at radius 3 is 2.43 bits per heavy atom. The molecule has 1 heterocycles. The van der Waals surface area contributed by atoms with E-state index in [1.165, 1.54) is 0 Å². The van der Waals surface area contributed by atoms with Crippen LogP contribution in [0.5, 0.6) is 11.5 Å². The molecule has 0 aromatic heterocycles. The maximum Gasteiger partial charge on any atom is 0.243 e. The van der Waals surface area contributed by atoms with Crippen molar-refractivity contribution in [3.05, 3.63) is 18.2 Å². The smallest absolute Gasteiger partial charge is 0.243 e. The molecule has 23 heavy (non-hydrogen) atoms. The molecule has 3 aliphatic rings. The van der Waals surface area contributed by atoms with Crippen molar-refractivity contribution >= 4 is 10.0 Å². The Morgan fingerprint density at radius 1 is 1.09 bits per heavy atom. The highest BCUT2D eigenvalue weighted by Crippen LogP contribution is 2.43. The second-order valence-corrected chi connectivity index (χ2v) is 8.65. The summed E-state index contributed by atoms with van der Waals surface area (Å²) >= 11 is 0. The summed E-state index contributed by atoms with van der Waals surface area (Å²) in [5.41, 5.74) is 0. The van der Waals surface area contributed by atoms with Gasteiger partial charge in [-0.3, -0.25) is 0 Å². The molecule has 0 bridgehead atoms. The van der Waals surface area contributed by atoms with Gasteiger partial charge in [0.05, 0.1) is 18.1 Å². The van der Waals surface area contributed by atoms with Gasteiger partial charge in [-0.25, -0.2) is 8.42 Å². The Labute approximate surface area is 137 Å². The summed E-state index contributed by atoms with van der Waals surface area (Å²) in [7, 11) is -3.49. The SMILES string of the molecule is C[C@@H](C1CC1)N(C1CC1)S(=O)(=O)c1ccc2c(c1)OCCCO2. The van der Waals surface area contributed by atoms with Gasteiger partial charge in [-0.05, 0) is 50.7 Å². The Kier molecular flexibility index (Phi) is 3.76. The molecule has 2 fully saturated rings. The van der Waals surface area contributed by atoms with Gasteiger partial charge in [0.15, 0.2) is 11.5 Å². The van der Waals surface area contributed by atoms with Crippen molar-refractivity contribution in [1.29, 1.82) is 0 Å². The van der Waals surface area contributed by atoms with Crippen LogP contribution in [0.4, 0.5) is 0 Å². The molecule has 0 amide bonds. The van der Waals surface area contributed by atoms with Crippen LogP contribution in [0.1, 0.15) is 39.0 Å². The van der Waals surface area contributed by atoms with E-state index in [1.54, 1.807) is 22.5 Å². The molecule has 1 atom stereocenters. The number of fused-ring (bicyclic) bond motifs is 1. The van der Waals surface area contributed by atoms with Gasteiger partial charge in [0.2, 0.25) is 10.0 Å². The number of sulfonamides is 1. The largest absolute Gasteiger partial charge is 0.490 e. The van der Waals surface area contributed by atoms with E-state index in [-0.39, 0.29) is 12.1 Å². The molecule has 6 heteroatoms. The molecule has 1 aliphatic heterocycles. The zero-order valence-electron chi connectivity index (χ0n) is 13.4. The topological polar surface area (TPSA) is 55.8 Å². The molecule has 1 aromatic rings. The number of hydrogen-bond donors (Lipinski definition) is 0. The lowest BCUT2D eigenvalue weighted by atomic mass is 10.2. The molecule has 0 unspecified atom stereocenters. The minimum atomic E-state index is -3.49. The van der Waals surface area contributed by atoms with Crippen LogP contribution in [0.15, 0.2) is 23.1 Å². The van der Waals surface area contributed by atoms with E-state index in [4.69, 9.17) is 9.47 Å². The second kappa shape index (κ2) is 5.67. The summed E-state index contributed by atoms with van der Waals surface area (Å²) in [5.74, 6) is 1.69. The van der Waals surface area contributed by atoms with Gasteiger partial charge in [-0.2, -0.15) is 4.31 Å². The van der Waals surface area contributed by atoms with Crippen LogP contribution in [0.25, 0.3) is 0 Å². The summed E-state index contributed by atoms with van der Waals surface area (Å²) in [6.07, 6.45) is 5.04. The molecule has 0 radical (unpaired) electrons. The number of benzene rings is 1. The lowest BCUT2D eigenvalue weighted by molar-refractivity contribution is 0.296. The summed E-state index contributed by atoms with van der Waals surface area (Å²) < 4.78 is 39.4. The maximum absolute atomic E-state index is 13.2. The molecule has 126 valence electrons. The van der Waals surface area contributed by atoms with E-state index in [1.807, 2.05) is 0 Å². The van der Waals surface area contributed by atoms with E-state index in [9.17, 15) is 8.42 Å². The molecule has 4 rings (SSSR count). The summed E-state index contributed by atoms with van der Waals surface area (Å²) in [4.78, 5) is 0.321. The van der Waals surface area contributed by atoms with Crippen LogP contribution in [0.2, 0.25) is 0 Å². The average Bonchev–Trinajstić information content (AvgIpc) is 3.40. The van der Waals surface area contributed by atoms with Crippen molar-refractivity contribution in [2.45, 2.75) is 56.0 Å². The van der Waals surface area contributed by atoms with Gasteiger partial charge in [0, 0.05) is 24.6 Å². The van der Waals surface area contributed by atoms with Gasteiger partial charge in [0.1, 0.15) is 0 Å². The first-order chi connectivity index (χ1) is 11.1. The highest BCUT2D eigenvalue weighted by molar-refractivity contribution is 7.89. The first-order valence-electron chi connectivity index (χ1n) is 8.50. The summed E-state index contributed by atoms with van der Waals surface area (Å²) in [6, 6.07) is 5.26. The predicted octanol–water partition coefficient (Wildman–Crippen LogP) is 2.80. The van der Waals surface area contributed by atoms with Crippen LogP contribution >= 0.6 is 0 Å². The Balaban J connectivity index is 1.68. The Morgan fingerprint density at radius 2 is 1.78 bits per heavy atom. The third kappa shape index (κ3) is 2.94. The second-order valence-electron chi connectivity index (χ2n) is 6.80. The van der Waals surface area contributed by atoms with Crippen molar-refractivity contribution in [2.24, 2.45) is 5.92 Å². The van der Waals surface area contributed by atoms with Crippen LogP contribution in [0.3, 0.4) is 0 Å². The molecular formula is C17H23NO4S. The van der Waals surface area contributed by atoms with Gasteiger partial charge < -0.3 is 9.47 Å². The van der Waals surface area contributed by atoms with Crippen LogP contribution in [-0.2, 0) is 10.0 Å². The lowest BCUT2D eigenvalue weighted by Gasteiger charge is -2.28. The van der Waals surface area contributed by atoms with E-state index in [2.05, 4.69) is 6.92 Å². The van der Waals surface area contributed by atoms with E-state index in [0.29, 0.717) is 35.5 Å². The van der Waals surface area contributed by atoms with E-state index >= 15 is 0 Å². The Hall–Kier alpha value is -1.27. The maximum atomic E-state index is 13.2. The summed E-state index contributed by atoms with van der Waals surface area (Å²) in [6.45, 7) is 3.21. The number of nitrogens with zero attached hydrogens (tertiary/aromatic N) is 1. The van der Waals surface area contributed by atoms with Crippen molar-refractivity contribution < 1.29 is 17.9 Å². The van der Waals surface area contributed by atoms with Crippen molar-refractivity contribution in [3.8, 4) is 11.5 Å². The van der Waals surface area contributed by atoms with Gasteiger partial charge in [-0.15, -0.1) is 0 Å². The average molecular weight is 337 g/mol. The molecule has 0 N–H and O–H groups in total. The number of ether oxygens (including phenoxy) is 2.